The molecule has 0 aliphatic rings. The van der Waals surface area contributed by atoms with Crippen molar-refractivity contribution in [3.05, 3.63) is 59.9 Å². The van der Waals surface area contributed by atoms with Crippen molar-refractivity contribution < 1.29 is 9.90 Å². The topological polar surface area (TPSA) is 74.2 Å². The van der Waals surface area contributed by atoms with E-state index in [1.165, 1.54) is 0 Å². The standard InChI is InChI=1S/C19H21N3O2/c1-2-16(11-13-23)21-19(24)22-18-8-5-6-15(14-18)9-10-17-7-3-4-12-20-17/h3-8,12,14,16,23H,2,11,13H2,1H3,(H2,21,22,24). The van der Waals surface area contributed by atoms with E-state index >= 15 is 0 Å². The number of carbonyl (C=O) groups excluding carboxylic acids is 1. The third-order valence-corrected chi connectivity index (χ3v) is 3.43. The normalized spacial score (nSPS) is 11.1. The first-order valence-corrected chi connectivity index (χ1v) is 7.92. The van der Waals surface area contributed by atoms with E-state index in [1.54, 1.807) is 12.3 Å². The number of nitrogens with zero attached hydrogens (tertiary/aromatic N) is 1. The molecule has 0 radical (unpaired) electrons. The number of benzene rings is 1. The smallest absolute Gasteiger partial charge is 0.319 e. The Labute approximate surface area is 142 Å². The van der Waals surface area contributed by atoms with Gasteiger partial charge in [0, 0.05) is 30.1 Å². The lowest BCUT2D eigenvalue weighted by atomic mass is 10.1. The summed E-state index contributed by atoms with van der Waals surface area (Å²) in [6.45, 7) is 2.02. The number of aromatic nitrogens is 1. The third kappa shape index (κ3) is 5.75. The van der Waals surface area contributed by atoms with E-state index in [0.29, 0.717) is 17.8 Å². The zero-order chi connectivity index (χ0) is 17.2. The maximum Gasteiger partial charge on any atom is 0.319 e. The first-order valence-electron chi connectivity index (χ1n) is 7.92. The molecule has 5 heteroatoms. The van der Waals surface area contributed by atoms with Gasteiger partial charge in [-0.25, -0.2) is 9.78 Å². The molecule has 2 amide bonds. The van der Waals surface area contributed by atoms with Gasteiger partial charge in [0.15, 0.2) is 0 Å². The number of aliphatic hydroxyl groups is 1. The van der Waals surface area contributed by atoms with Crippen molar-refractivity contribution in [2.45, 2.75) is 25.8 Å². The Balaban J connectivity index is 2.00. The first kappa shape index (κ1) is 17.5. The summed E-state index contributed by atoms with van der Waals surface area (Å²) in [5, 5.41) is 14.6. The molecular formula is C19H21N3O2. The molecule has 5 nitrogen and oxygen atoms in total. The molecule has 0 fully saturated rings. The van der Waals surface area contributed by atoms with Gasteiger partial charge in [-0.05, 0) is 49.1 Å². The molecule has 0 bridgehead atoms. The van der Waals surface area contributed by atoms with Crippen LogP contribution >= 0.6 is 0 Å². The first-order chi connectivity index (χ1) is 11.7. The Morgan fingerprint density at radius 2 is 2.12 bits per heavy atom. The molecule has 0 aliphatic carbocycles. The van der Waals surface area contributed by atoms with E-state index in [1.807, 2.05) is 43.3 Å². The van der Waals surface area contributed by atoms with Gasteiger partial charge in [-0.2, -0.15) is 0 Å². The van der Waals surface area contributed by atoms with Crippen LogP contribution in [0.4, 0.5) is 10.5 Å². The van der Waals surface area contributed by atoms with E-state index < -0.39 is 0 Å². The molecule has 24 heavy (non-hydrogen) atoms. The highest BCUT2D eigenvalue weighted by molar-refractivity contribution is 5.89. The van der Waals surface area contributed by atoms with Crippen molar-refractivity contribution in [3.63, 3.8) is 0 Å². The molecule has 1 unspecified atom stereocenters. The predicted octanol–water partition coefficient (Wildman–Crippen LogP) is 2.76. The zero-order valence-corrected chi connectivity index (χ0v) is 13.6. The molecule has 1 atom stereocenters. The van der Waals surface area contributed by atoms with Gasteiger partial charge < -0.3 is 15.7 Å². The van der Waals surface area contributed by atoms with Crippen molar-refractivity contribution in [3.8, 4) is 11.8 Å². The minimum Gasteiger partial charge on any atom is -0.396 e. The molecule has 0 saturated carbocycles. The fourth-order valence-electron chi connectivity index (χ4n) is 2.13. The summed E-state index contributed by atoms with van der Waals surface area (Å²) in [4.78, 5) is 16.1. The molecule has 2 aromatic rings. The Morgan fingerprint density at radius 3 is 2.83 bits per heavy atom. The Morgan fingerprint density at radius 1 is 1.25 bits per heavy atom. The van der Waals surface area contributed by atoms with Crippen molar-refractivity contribution >= 4 is 11.7 Å². The van der Waals surface area contributed by atoms with Gasteiger partial charge in [-0.15, -0.1) is 0 Å². The average molecular weight is 323 g/mol. The number of carbonyl (C=O) groups is 1. The summed E-state index contributed by atoms with van der Waals surface area (Å²) in [7, 11) is 0. The van der Waals surface area contributed by atoms with Crippen LogP contribution in [0.25, 0.3) is 0 Å². The van der Waals surface area contributed by atoms with Crippen molar-refractivity contribution in [2.75, 3.05) is 11.9 Å². The fourth-order valence-corrected chi connectivity index (χ4v) is 2.13. The van der Waals surface area contributed by atoms with E-state index in [-0.39, 0.29) is 18.7 Å². The third-order valence-electron chi connectivity index (χ3n) is 3.43. The number of nitrogens with one attached hydrogen (secondary N) is 2. The summed E-state index contributed by atoms with van der Waals surface area (Å²) >= 11 is 0. The second-order valence-corrected chi connectivity index (χ2v) is 5.26. The number of aliphatic hydroxyl groups excluding tert-OH is 1. The Hall–Kier alpha value is -2.84. The maximum atomic E-state index is 12.0. The molecule has 0 aliphatic heterocycles. The van der Waals surface area contributed by atoms with E-state index in [0.717, 1.165) is 12.0 Å². The summed E-state index contributed by atoms with van der Waals surface area (Å²) < 4.78 is 0. The van der Waals surface area contributed by atoms with Crippen molar-refractivity contribution in [1.29, 1.82) is 0 Å². The van der Waals surface area contributed by atoms with Crippen LogP contribution < -0.4 is 10.6 Å². The lowest BCUT2D eigenvalue weighted by molar-refractivity contribution is 0.237. The van der Waals surface area contributed by atoms with Crippen LogP contribution in [0, 0.1) is 11.8 Å². The fraction of sp³-hybridized carbons (Fsp3) is 0.263. The van der Waals surface area contributed by atoms with Gasteiger partial charge in [0.1, 0.15) is 5.69 Å². The van der Waals surface area contributed by atoms with Crippen LogP contribution in [0.15, 0.2) is 48.7 Å². The van der Waals surface area contributed by atoms with Crippen LogP contribution in [0.3, 0.4) is 0 Å². The number of amides is 2. The number of anilines is 1. The predicted molar refractivity (Wildman–Crippen MR) is 94.6 cm³/mol. The molecule has 1 aromatic carbocycles. The molecule has 1 heterocycles. The molecule has 0 spiro atoms. The quantitative estimate of drug-likeness (QED) is 0.741. The Bertz CT molecular complexity index is 720. The highest BCUT2D eigenvalue weighted by atomic mass is 16.3. The number of rotatable bonds is 5. The van der Waals surface area contributed by atoms with Crippen LogP contribution in [-0.4, -0.2) is 28.8 Å². The van der Waals surface area contributed by atoms with Gasteiger partial charge in [-0.1, -0.05) is 25.0 Å². The van der Waals surface area contributed by atoms with E-state index in [9.17, 15) is 4.79 Å². The number of urea groups is 1. The summed E-state index contributed by atoms with van der Waals surface area (Å²) in [5.74, 6) is 6.01. The van der Waals surface area contributed by atoms with Crippen LogP contribution in [0.1, 0.15) is 31.0 Å². The van der Waals surface area contributed by atoms with Gasteiger partial charge in [0.2, 0.25) is 0 Å². The number of pyridine rings is 1. The van der Waals surface area contributed by atoms with Gasteiger partial charge in [0.25, 0.3) is 0 Å². The monoisotopic (exact) mass is 323 g/mol. The molecular weight excluding hydrogens is 302 g/mol. The second kappa shape index (κ2) is 9.33. The molecule has 0 saturated heterocycles. The average Bonchev–Trinajstić information content (AvgIpc) is 2.61. The second-order valence-electron chi connectivity index (χ2n) is 5.26. The highest BCUT2D eigenvalue weighted by Crippen LogP contribution is 2.10. The van der Waals surface area contributed by atoms with Gasteiger partial charge >= 0.3 is 6.03 Å². The lowest BCUT2D eigenvalue weighted by Gasteiger charge is -2.16. The summed E-state index contributed by atoms with van der Waals surface area (Å²) in [6.07, 6.45) is 3.01. The number of hydrogen-bond acceptors (Lipinski definition) is 3. The van der Waals surface area contributed by atoms with E-state index in [2.05, 4.69) is 27.5 Å². The van der Waals surface area contributed by atoms with Crippen LogP contribution in [-0.2, 0) is 0 Å². The van der Waals surface area contributed by atoms with Gasteiger partial charge in [0.05, 0.1) is 0 Å². The highest BCUT2D eigenvalue weighted by Gasteiger charge is 2.09. The molecule has 2 rings (SSSR count). The lowest BCUT2D eigenvalue weighted by Crippen LogP contribution is -2.38. The minimum atomic E-state index is -0.287. The summed E-state index contributed by atoms with van der Waals surface area (Å²) in [6, 6.07) is 12.6. The Kier molecular flexibility index (Phi) is 6.81. The molecule has 124 valence electrons. The largest absolute Gasteiger partial charge is 0.396 e. The molecule has 1 aromatic heterocycles. The van der Waals surface area contributed by atoms with Crippen molar-refractivity contribution in [2.24, 2.45) is 0 Å². The zero-order valence-electron chi connectivity index (χ0n) is 13.6. The van der Waals surface area contributed by atoms with Crippen LogP contribution in [0.5, 0.6) is 0 Å². The molecule has 3 N–H and O–H groups in total. The van der Waals surface area contributed by atoms with Crippen molar-refractivity contribution in [1.82, 2.24) is 10.3 Å². The minimum absolute atomic E-state index is 0.0397. The van der Waals surface area contributed by atoms with E-state index in [4.69, 9.17) is 5.11 Å². The number of hydrogen-bond donors (Lipinski definition) is 3. The van der Waals surface area contributed by atoms with Gasteiger partial charge in [-0.3, -0.25) is 0 Å². The summed E-state index contributed by atoms with van der Waals surface area (Å²) in [5.41, 5.74) is 2.16. The SMILES string of the molecule is CCC(CCO)NC(=O)Nc1cccc(C#Cc2ccccn2)c1. The van der Waals surface area contributed by atoms with Crippen LogP contribution in [0.2, 0.25) is 0 Å². The maximum absolute atomic E-state index is 12.0.